The van der Waals surface area contributed by atoms with Gasteiger partial charge in [-0.3, -0.25) is 4.79 Å². The number of hydrogen-bond donors (Lipinski definition) is 1. The second kappa shape index (κ2) is 2.21. The van der Waals surface area contributed by atoms with Gasteiger partial charge in [0.05, 0.1) is 0 Å². The summed E-state index contributed by atoms with van der Waals surface area (Å²) >= 11 is 0. The average Bonchev–Trinajstić information content (AvgIpc) is 2.10. The van der Waals surface area contributed by atoms with Crippen LogP contribution in [0.2, 0.25) is 0 Å². The Labute approximate surface area is 54.9 Å². The highest BCUT2D eigenvalue weighted by Crippen LogP contribution is 2.15. The Morgan fingerprint density at radius 3 is 2.78 bits per heavy atom. The van der Waals surface area contributed by atoms with Crippen molar-refractivity contribution in [3.05, 3.63) is 12.7 Å². The number of hydrogen-bond acceptors (Lipinski definition) is 1. The highest BCUT2D eigenvalue weighted by Gasteiger charge is 2.25. The molecule has 0 radical (unpaired) electrons. The molecule has 0 aromatic carbocycles. The lowest BCUT2D eigenvalue weighted by Gasteiger charge is -2.06. The van der Waals surface area contributed by atoms with Crippen LogP contribution in [0.15, 0.2) is 12.7 Å². The van der Waals surface area contributed by atoms with Crippen LogP contribution in [0, 0.1) is 5.92 Å². The number of amides is 1. The van der Waals surface area contributed by atoms with Gasteiger partial charge in [0.2, 0.25) is 5.91 Å². The molecule has 2 atom stereocenters. The average molecular weight is 125 g/mol. The first-order chi connectivity index (χ1) is 4.24. The molecule has 9 heavy (non-hydrogen) atoms. The summed E-state index contributed by atoms with van der Waals surface area (Å²) in [6.07, 6.45) is 2.44. The summed E-state index contributed by atoms with van der Waals surface area (Å²) in [5.41, 5.74) is 0. The lowest BCUT2D eigenvalue weighted by atomic mass is 10.0. The highest BCUT2D eigenvalue weighted by atomic mass is 16.1. The van der Waals surface area contributed by atoms with Gasteiger partial charge in [-0.2, -0.15) is 0 Å². The standard InChI is InChI=1S/C7H11NO/c1-3-6-5(2)4-7(9)8-6/h3,5-6H,1,4H2,2H3,(H,8,9). The zero-order chi connectivity index (χ0) is 6.85. The Morgan fingerprint density at radius 1 is 1.89 bits per heavy atom. The monoisotopic (exact) mass is 125 g/mol. The third-order valence-corrected chi connectivity index (χ3v) is 1.70. The number of rotatable bonds is 1. The summed E-state index contributed by atoms with van der Waals surface area (Å²) in [4.78, 5) is 10.7. The van der Waals surface area contributed by atoms with Crippen LogP contribution >= 0.6 is 0 Å². The predicted octanol–water partition coefficient (Wildman–Crippen LogP) is 0.697. The third kappa shape index (κ3) is 1.12. The molecule has 0 bridgehead atoms. The maximum Gasteiger partial charge on any atom is 0.220 e. The van der Waals surface area contributed by atoms with E-state index in [1.54, 1.807) is 6.08 Å². The Balaban J connectivity index is 2.57. The minimum Gasteiger partial charge on any atom is -0.350 e. The fraction of sp³-hybridized carbons (Fsp3) is 0.571. The number of nitrogens with one attached hydrogen (secondary N) is 1. The van der Waals surface area contributed by atoms with Gasteiger partial charge in [0.1, 0.15) is 0 Å². The largest absolute Gasteiger partial charge is 0.350 e. The predicted molar refractivity (Wildman–Crippen MR) is 35.9 cm³/mol. The lowest BCUT2D eigenvalue weighted by molar-refractivity contribution is -0.119. The van der Waals surface area contributed by atoms with Crippen LogP contribution in [0.5, 0.6) is 0 Å². The van der Waals surface area contributed by atoms with E-state index in [9.17, 15) is 4.79 Å². The molecule has 2 unspecified atom stereocenters. The number of carbonyl (C=O) groups excluding carboxylic acids is 1. The lowest BCUT2D eigenvalue weighted by Crippen LogP contribution is -2.25. The van der Waals surface area contributed by atoms with Crippen molar-refractivity contribution in [2.45, 2.75) is 19.4 Å². The summed E-state index contributed by atoms with van der Waals surface area (Å²) in [7, 11) is 0. The third-order valence-electron chi connectivity index (χ3n) is 1.70. The van der Waals surface area contributed by atoms with E-state index in [-0.39, 0.29) is 11.9 Å². The molecule has 1 aliphatic heterocycles. The van der Waals surface area contributed by atoms with Crippen molar-refractivity contribution < 1.29 is 4.79 Å². The van der Waals surface area contributed by atoms with E-state index in [1.165, 1.54) is 0 Å². The van der Waals surface area contributed by atoms with Crippen LogP contribution in [0.1, 0.15) is 13.3 Å². The van der Waals surface area contributed by atoms with E-state index in [0.717, 1.165) is 0 Å². The Morgan fingerprint density at radius 2 is 2.56 bits per heavy atom. The molecule has 2 nitrogen and oxygen atoms in total. The summed E-state index contributed by atoms with van der Waals surface area (Å²) in [6.45, 7) is 5.66. The van der Waals surface area contributed by atoms with E-state index in [2.05, 4.69) is 11.9 Å². The zero-order valence-corrected chi connectivity index (χ0v) is 5.55. The Kier molecular flexibility index (Phi) is 1.56. The van der Waals surface area contributed by atoms with Crippen LogP contribution < -0.4 is 5.32 Å². The molecular formula is C7H11NO. The van der Waals surface area contributed by atoms with E-state index in [0.29, 0.717) is 12.3 Å². The van der Waals surface area contributed by atoms with Gasteiger partial charge in [0.25, 0.3) is 0 Å². The molecule has 1 amide bonds. The topological polar surface area (TPSA) is 29.1 Å². The van der Waals surface area contributed by atoms with Crippen LogP contribution in [-0.4, -0.2) is 11.9 Å². The minimum atomic E-state index is 0.146. The number of carbonyl (C=O) groups is 1. The summed E-state index contributed by atoms with van der Waals surface area (Å²) in [6, 6.07) is 0.206. The first kappa shape index (κ1) is 6.33. The Hall–Kier alpha value is -0.790. The van der Waals surface area contributed by atoms with Crippen molar-refractivity contribution in [3.8, 4) is 0 Å². The van der Waals surface area contributed by atoms with Gasteiger partial charge >= 0.3 is 0 Å². The molecule has 0 saturated carbocycles. The van der Waals surface area contributed by atoms with E-state index >= 15 is 0 Å². The fourth-order valence-corrected chi connectivity index (χ4v) is 1.10. The van der Waals surface area contributed by atoms with Crippen molar-refractivity contribution in [1.29, 1.82) is 0 Å². The quantitative estimate of drug-likeness (QED) is 0.513. The summed E-state index contributed by atoms with van der Waals surface area (Å²) in [5.74, 6) is 0.572. The maximum atomic E-state index is 10.7. The van der Waals surface area contributed by atoms with Gasteiger partial charge in [-0.25, -0.2) is 0 Å². The molecule has 0 aromatic heterocycles. The van der Waals surface area contributed by atoms with Crippen molar-refractivity contribution >= 4 is 5.91 Å². The maximum absolute atomic E-state index is 10.7. The van der Waals surface area contributed by atoms with Gasteiger partial charge in [-0.1, -0.05) is 13.0 Å². The van der Waals surface area contributed by atoms with Crippen LogP contribution in [0.25, 0.3) is 0 Å². The van der Waals surface area contributed by atoms with Crippen molar-refractivity contribution in [2.24, 2.45) is 5.92 Å². The minimum absolute atomic E-state index is 0.146. The molecule has 0 aliphatic carbocycles. The first-order valence-electron chi connectivity index (χ1n) is 3.16. The normalized spacial score (nSPS) is 34.1. The van der Waals surface area contributed by atoms with Gasteiger partial charge < -0.3 is 5.32 Å². The van der Waals surface area contributed by atoms with E-state index in [1.807, 2.05) is 6.92 Å². The molecular weight excluding hydrogens is 114 g/mol. The van der Waals surface area contributed by atoms with Gasteiger partial charge in [0.15, 0.2) is 0 Å². The van der Waals surface area contributed by atoms with Crippen LogP contribution in [0.4, 0.5) is 0 Å². The smallest absolute Gasteiger partial charge is 0.220 e. The highest BCUT2D eigenvalue weighted by molar-refractivity contribution is 5.79. The SMILES string of the molecule is C=CC1NC(=O)CC1C. The molecule has 1 saturated heterocycles. The van der Waals surface area contributed by atoms with Crippen LogP contribution in [0.3, 0.4) is 0 Å². The molecule has 0 spiro atoms. The molecule has 2 heteroatoms. The second-order valence-corrected chi connectivity index (χ2v) is 2.51. The van der Waals surface area contributed by atoms with Gasteiger partial charge in [-0.15, -0.1) is 6.58 Å². The van der Waals surface area contributed by atoms with Gasteiger partial charge in [0, 0.05) is 12.5 Å². The van der Waals surface area contributed by atoms with E-state index in [4.69, 9.17) is 0 Å². The second-order valence-electron chi connectivity index (χ2n) is 2.51. The van der Waals surface area contributed by atoms with Crippen molar-refractivity contribution in [3.63, 3.8) is 0 Å². The van der Waals surface area contributed by atoms with Crippen LogP contribution in [-0.2, 0) is 4.79 Å². The molecule has 1 fully saturated rings. The molecule has 1 rings (SSSR count). The summed E-state index contributed by atoms with van der Waals surface area (Å²) < 4.78 is 0. The molecule has 1 heterocycles. The fourth-order valence-electron chi connectivity index (χ4n) is 1.10. The first-order valence-corrected chi connectivity index (χ1v) is 3.16. The van der Waals surface area contributed by atoms with E-state index < -0.39 is 0 Å². The molecule has 1 N–H and O–H groups in total. The summed E-state index contributed by atoms with van der Waals surface area (Å²) in [5, 5.41) is 2.80. The van der Waals surface area contributed by atoms with Gasteiger partial charge in [-0.05, 0) is 5.92 Å². The molecule has 50 valence electrons. The molecule has 1 aliphatic rings. The van der Waals surface area contributed by atoms with Crippen molar-refractivity contribution in [1.82, 2.24) is 5.32 Å². The molecule has 0 aromatic rings. The zero-order valence-electron chi connectivity index (χ0n) is 5.55. The Bertz CT molecular complexity index is 142. The van der Waals surface area contributed by atoms with Crippen molar-refractivity contribution in [2.75, 3.05) is 0 Å².